The first-order valence-electron chi connectivity index (χ1n) is 5.23. The van der Waals surface area contributed by atoms with Crippen molar-refractivity contribution in [3.05, 3.63) is 54.0 Å². The van der Waals surface area contributed by atoms with Crippen molar-refractivity contribution in [2.75, 3.05) is 6.26 Å². The molecule has 4 heteroatoms. The number of nitrogens with one attached hydrogen (secondary N) is 1. The summed E-state index contributed by atoms with van der Waals surface area (Å²) in [6, 6.07) is 9.75. The number of hydrogen-bond donors (Lipinski definition) is 1. The average Bonchev–Trinajstić information content (AvgIpc) is 2.90. The highest BCUT2D eigenvalue weighted by atomic mass is 32.2. The summed E-state index contributed by atoms with van der Waals surface area (Å²) in [5.41, 5.74) is 1.64. The van der Waals surface area contributed by atoms with Crippen LogP contribution in [0.3, 0.4) is 0 Å². The molecule has 0 unspecified atom stereocenters. The van der Waals surface area contributed by atoms with Crippen molar-refractivity contribution in [3.63, 3.8) is 0 Å². The predicted molar refractivity (Wildman–Crippen MR) is 68.1 cm³/mol. The van der Waals surface area contributed by atoms with E-state index in [4.69, 9.17) is 4.42 Å². The van der Waals surface area contributed by atoms with Crippen molar-refractivity contribution in [3.8, 4) is 0 Å². The molecule has 1 N–H and O–H groups in total. The third-order valence-electron chi connectivity index (χ3n) is 2.37. The maximum atomic E-state index is 11.7. The second-order valence-electron chi connectivity index (χ2n) is 3.55. The Labute approximate surface area is 104 Å². The molecule has 0 atom stereocenters. The van der Waals surface area contributed by atoms with Crippen LogP contribution in [0.2, 0.25) is 0 Å². The van der Waals surface area contributed by atoms with Crippen molar-refractivity contribution < 1.29 is 9.21 Å². The predicted octanol–water partition coefficient (Wildman–Crippen LogP) is 2.93. The largest absolute Gasteiger partial charge is 0.472 e. The highest BCUT2D eigenvalue weighted by Gasteiger charge is 2.05. The van der Waals surface area contributed by atoms with Gasteiger partial charge in [0.05, 0.1) is 11.8 Å². The highest BCUT2D eigenvalue weighted by Crippen LogP contribution is 2.15. The molecule has 0 saturated carbocycles. The van der Waals surface area contributed by atoms with Gasteiger partial charge in [-0.05, 0) is 30.0 Å². The van der Waals surface area contributed by atoms with Gasteiger partial charge in [-0.25, -0.2) is 0 Å². The molecular weight excluding hydrogens is 234 g/mol. The van der Waals surface area contributed by atoms with Gasteiger partial charge in [0.25, 0.3) is 5.91 Å². The first-order chi connectivity index (χ1) is 8.29. The summed E-state index contributed by atoms with van der Waals surface area (Å²) < 4.78 is 4.86. The molecule has 0 aliphatic carbocycles. The molecule has 3 nitrogen and oxygen atoms in total. The van der Waals surface area contributed by atoms with Crippen LogP contribution in [-0.2, 0) is 6.54 Å². The van der Waals surface area contributed by atoms with Crippen LogP contribution in [0.5, 0.6) is 0 Å². The van der Waals surface area contributed by atoms with Gasteiger partial charge in [-0.3, -0.25) is 4.79 Å². The van der Waals surface area contributed by atoms with Gasteiger partial charge in [-0.15, -0.1) is 11.8 Å². The average molecular weight is 247 g/mol. The Balaban J connectivity index is 1.95. The van der Waals surface area contributed by atoms with Crippen LogP contribution in [-0.4, -0.2) is 12.2 Å². The summed E-state index contributed by atoms with van der Waals surface area (Å²) in [5.74, 6) is -0.117. The zero-order chi connectivity index (χ0) is 12.1. The van der Waals surface area contributed by atoms with E-state index in [0.29, 0.717) is 12.1 Å². The van der Waals surface area contributed by atoms with Crippen molar-refractivity contribution in [2.45, 2.75) is 11.4 Å². The molecule has 1 aromatic heterocycles. The van der Waals surface area contributed by atoms with E-state index in [1.165, 1.54) is 17.4 Å². The molecule has 0 aliphatic heterocycles. The van der Waals surface area contributed by atoms with Crippen molar-refractivity contribution >= 4 is 17.7 Å². The molecule has 1 amide bonds. The van der Waals surface area contributed by atoms with E-state index >= 15 is 0 Å². The van der Waals surface area contributed by atoms with Crippen LogP contribution in [0.15, 0.2) is 52.2 Å². The summed E-state index contributed by atoms with van der Waals surface area (Å²) in [6.07, 6.45) is 4.96. The Hall–Kier alpha value is -1.68. The lowest BCUT2D eigenvalue weighted by atomic mass is 10.2. The van der Waals surface area contributed by atoms with E-state index in [9.17, 15) is 4.79 Å². The first kappa shape index (κ1) is 11.8. The van der Waals surface area contributed by atoms with E-state index < -0.39 is 0 Å². The fourth-order valence-electron chi connectivity index (χ4n) is 1.46. The number of furan rings is 1. The third-order valence-corrected chi connectivity index (χ3v) is 3.10. The molecule has 0 spiro atoms. The van der Waals surface area contributed by atoms with Crippen LogP contribution in [0.25, 0.3) is 0 Å². The maximum absolute atomic E-state index is 11.7. The van der Waals surface area contributed by atoms with Crippen molar-refractivity contribution in [1.82, 2.24) is 5.32 Å². The lowest BCUT2D eigenvalue weighted by molar-refractivity contribution is 0.0950. The lowest BCUT2D eigenvalue weighted by Gasteiger charge is -2.05. The van der Waals surface area contributed by atoms with Gasteiger partial charge < -0.3 is 9.73 Å². The quantitative estimate of drug-likeness (QED) is 0.845. The van der Waals surface area contributed by atoms with Crippen LogP contribution in [0, 0.1) is 0 Å². The fourth-order valence-corrected chi connectivity index (χ4v) is 1.94. The van der Waals surface area contributed by atoms with Gasteiger partial charge in [0.1, 0.15) is 6.26 Å². The molecule has 2 aromatic rings. The Kier molecular flexibility index (Phi) is 3.88. The minimum absolute atomic E-state index is 0.117. The third kappa shape index (κ3) is 3.14. The van der Waals surface area contributed by atoms with Gasteiger partial charge in [-0.2, -0.15) is 0 Å². The SMILES string of the molecule is CSc1cccc(CNC(=O)c2ccoc2)c1. The number of rotatable bonds is 4. The van der Waals surface area contributed by atoms with E-state index in [2.05, 4.69) is 11.4 Å². The fraction of sp³-hybridized carbons (Fsp3) is 0.154. The molecule has 0 fully saturated rings. The lowest BCUT2D eigenvalue weighted by Crippen LogP contribution is -2.22. The zero-order valence-corrected chi connectivity index (χ0v) is 10.3. The number of amides is 1. The Bertz CT molecular complexity index is 494. The number of carbonyl (C=O) groups excluding carboxylic acids is 1. The molecule has 1 heterocycles. The van der Waals surface area contributed by atoms with Gasteiger partial charge in [0, 0.05) is 11.4 Å². The topological polar surface area (TPSA) is 42.2 Å². The van der Waals surface area contributed by atoms with E-state index in [1.54, 1.807) is 17.8 Å². The first-order valence-corrected chi connectivity index (χ1v) is 6.45. The van der Waals surface area contributed by atoms with Crippen LogP contribution in [0.1, 0.15) is 15.9 Å². The van der Waals surface area contributed by atoms with Gasteiger partial charge in [-0.1, -0.05) is 12.1 Å². The van der Waals surface area contributed by atoms with E-state index in [1.807, 2.05) is 24.5 Å². The molecule has 2 rings (SSSR count). The van der Waals surface area contributed by atoms with Crippen molar-refractivity contribution in [1.29, 1.82) is 0 Å². The number of benzene rings is 1. The van der Waals surface area contributed by atoms with E-state index in [-0.39, 0.29) is 5.91 Å². The second kappa shape index (κ2) is 5.59. The number of hydrogen-bond acceptors (Lipinski definition) is 3. The molecular formula is C13H13NO2S. The Morgan fingerprint density at radius 1 is 1.41 bits per heavy atom. The summed E-state index contributed by atoms with van der Waals surface area (Å²) in [7, 11) is 0. The van der Waals surface area contributed by atoms with Gasteiger partial charge in [0.15, 0.2) is 0 Å². The summed E-state index contributed by atoms with van der Waals surface area (Å²) in [4.78, 5) is 12.9. The molecule has 0 bridgehead atoms. The number of thioether (sulfide) groups is 1. The van der Waals surface area contributed by atoms with Crippen molar-refractivity contribution in [2.24, 2.45) is 0 Å². The summed E-state index contributed by atoms with van der Waals surface area (Å²) >= 11 is 1.69. The zero-order valence-electron chi connectivity index (χ0n) is 9.47. The summed E-state index contributed by atoms with van der Waals surface area (Å²) in [6.45, 7) is 0.526. The molecule has 17 heavy (non-hydrogen) atoms. The highest BCUT2D eigenvalue weighted by molar-refractivity contribution is 7.98. The number of carbonyl (C=O) groups is 1. The minimum Gasteiger partial charge on any atom is -0.472 e. The minimum atomic E-state index is -0.117. The molecule has 0 saturated heterocycles. The van der Waals surface area contributed by atoms with Crippen LogP contribution < -0.4 is 5.32 Å². The molecule has 1 aromatic carbocycles. The Morgan fingerprint density at radius 3 is 3.00 bits per heavy atom. The van der Waals surface area contributed by atoms with Gasteiger partial charge in [0.2, 0.25) is 0 Å². The van der Waals surface area contributed by atoms with Crippen LogP contribution >= 0.6 is 11.8 Å². The normalized spacial score (nSPS) is 10.2. The summed E-state index contributed by atoms with van der Waals surface area (Å²) in [5, 5.41) is 2.84. The monoisotopic (exact) mass is 247 g/mol. The van der Waals surface area contributed by atoms with Gasteiger partial charge >= 0.3 is 0 Å². The van der Waals surface area contributed by atoms with E-state index in [0.717, 1.165) is 5.56 Å². The molecule has 0 radical (unpaired) electrons. The standard InChI is InChI=1S/C13H13NO2S/c1-17-12-4-2-3-10(7-12)8-14-13(15)11-5-6-16-9-11/h2-7,9H,8H2,1H3,(H,14,15). The smallest absolute Gasteiger partial charge is 0.254 e. The second-order valence-corrected chi connectivity index (χ2v) is 4.43. The molecule has 88 valence electrons. The maximum Gasteiger partial charge on any atom is 0.254 e. The molecule has 0 aliphatic rings. The van der Waals surface area contributed by atoms with Crippen LogP contribution in [0.4, 0.5) is 0 Å². The Morgan fingerprint density at radius 2 is 2.29 bits per heavy atom.